The highest BCUT2D eigenvalue weighted by atomic mass is 35.5. The Bertz CT molecular complexity index is 719. The first-order valence-electron chi connectivity index (χ1n) is 9.85. The third kappa shape index (κ3) is 5.67. The lowest BCUT2D eigenvalue weighted by Gasteiger charge is -2.58. The number of nitrogens with one attached hydrogen (secondary N) is 2. The van der Waals surface area contributed by atoms with Gasteiger partial charge in [-0.3, -0.25) is 14.5 Å². The van der Waals surface area contributed by atoms with E-state index in [0.717, 1.165) is 25.9 Å². The zero-order valence-electron chi connectivity index (χ0n) is 17.4. The van der Waals surface area contributed by atoms with E-state index in [1.54, 1.807) is 0 Å². The average Bonchev–Trinajstić information content (AvgIpc) is 2.52. The van der Waals surface area contributed by atoms with Crippen molar-refractivity contribution in [2.45, 2.75) is 53.0 Å². The maximum Gasteiger partial charge on any atom is 0.234 e. The molecular formula is C21H31ClFN3O2. The number of hydrogen-bond donors (Lipinski definition) is 2. The number of nitrogens with zero attached hydrogens (tertiary/aromatic N) is 1. The summed E-state index contributed by atoms with van der Waals surface area (Å²) in [6, 6.07) is 4.17. The van der Waals surface area contributed by atoms with Crippen LogP contribution in [-0.4, -0.2) is 41.9 Å². The number of carbonyl (C=O) groups excluding carboxylic acids is 2. The quantitative estimate of drug-likeness (QED) is 0.785. The molecule has 2 fully saturated rings. The molecule has 1 heterocycles. The Morgan fingerprint density at radius 1 is 1.25 bits per heavy atom. The molecule has 0 radical (unpaired) electrons. The number of hydrogen-bond acceptors (Lipinski definition) is 3. The van der Waals surface area contributed by atoms with E-state index in [1.807, 2.05) is 34.6 Å². The molecule has 0 bridgehead atoms. The number of likely N-dealkylation sites (tertiary alicyclic amines) is 1. The van der Waals surface area contributed by atoms with Crippen LogP contribution < -0.4 is 10.6 Å². The molecule has 0 atom stereocenters. The van der Waals surface area contributed by atoms with Crippen LogP contribution in [-0.2, 0) is 9.59 Å². The zero-order chi connectivity index (χ0) is 21.1. The molecule has 1 saturated carbocycles. The smallest absolute Gasteiger partial charge is 0.234 e. The Hall–Kier alpha value is -1.66. The van der Waals surface area contributed by atoms with Gasteiger partial charge in [0.1, 0.15) is 5.82 Å². The predicted molar refractivity (Wildman–Crippen MR) is 111 cm³/mol. The Kier molecular flexibility index (Phi) is 7.10. The summed E-state index contributed by atoms with van der Waals surface area (Å²) in [6.45, 7) is 12.0. The van der Waals surface area contributed by atoms with Crippen molar-refractivity contribution in [3.05, 3.63) is 29.0 Å². The minimum absolute atomic E-state index is 0.00366. The van der Waals surface area contributed by atoms with E-state index in [1.165, 1.54) is 18.2 Å². The first-order valence-corrected chi connectivity index (χ1v) is 10.2. The summed E-state index contributed by atoms with van der Waals surface area (Å²) >= 11 is 5.73. The Morgan fingerprint density at radius 3 is 2.39 bits per heavy atom. The van der Waals surface area contributed by atoms with Crippen LogP contribution in [0.25, 0.3) is 0 Å². The standard InChI is InChI=1S/C19H25ClFN3O2.C2H6/c1-18(2,3)23-16(25)9-24-10-19(11-24)7-12(8-19)17(26)22-13-4-5-15(21)14(20)6-13;1-2/h4-6,12H,7-11H2,1-3H3,(H,22,26)(H,23,25);1-2H3. The van der Waals surface area contributed by atoms with Gasteiger partial charge in [0.05, 0.1) is 11.6 Å². The highest BCUT2D eigenvalue weighted by Crippen LogP contribution is 2.52. The molecule has 7 heteroatoms. The van der Waals surface area contributed by atoms with Gasteiger partial charge in [0, 0.05) is 30.2 Å². The van der Waals surface area contributed by atoms with Gasteiger partial charge < -0.3 is 10.6 Å². The molecule has 28 heavy (non-hydrogen) atoms. The SMILES string of the molecule is CC.CC(C)(C)NC(=O)CN1CC2(CC(C(=O)Nc3ccc(F)c(Cl)c3)C2)C1. The van der Waals surface area contributed by atoms with Crippen LogP contribution in [0.3, 0.4) is 0 Å². The molecule has 1 aromatic rings. The lowest BCUT2D eigenvalue weighted by molar-refractivity contribution is -0.144. The van der Waals surface area contributed by atoms with Crippen LogP contribution in [0.4, 0.5) is 10.1 Å². The highest BCUT2D eigenvalue weighted by molar-refractivity contribution is 6.31. The van der Waals surface area contributed by atoms with Crippen molar-refractivity contribution in [1.29, 1.82) is 0 Å². The number of halogens is 2. The third-order valence-corrected chi connectivity index (χ3v) is 5.21. The van der Waals surface area contributed by atoms with E-state index in [4.69, 9.17) is 11.6 Å². The molecule has 1 aliphatic carbocycles. The summed E-state index contributed by atoms with van der Waals surface area (Å²) in [4.78, 5) is 26.4. The molecule has 1 aliphatic heterocycles. The van der Waals surface area contributed by atoms with Gasteiger partial charge >= 0.3 is 0 Å². The zero-order valence-corrected chi connectivity index (χ0v) is 18.1. The van der Waals surface area contributed by atoms with Crippen LogP contribution in [0, 0.1) is 17.2 Å². The van der Waals surface area contributed by atoms with Crippen LogP contribution in [0.2, 0.25) is 5.02 Å². The molecule has 2 aliphatic rings. The summed E-state index contributed by atoms with van der Waals surface area (Å²) in [7, 11) is 0. The summed E-state index contributed by atoms with van der Waals surface area (Å²) in [5, 5.41) is 5.76. The fraction of sp³-hybridized carbons (Fsp3) is 0.619. The molecule has 0 aromatic heterocycles. The van der Waals surface area contributed by atoms with Gasteiger partial charge in [0.25, 0.3) is 0 Å². The lowest BCUT2D eigenvalue weighted by atomic mass is 9.57. The van der Waals surface area contributed by atoms with Crippen molar-refractivity contribution in [2.24, 2.45) is 11.3 Å². The normalized spacial score (nSPS) is 18.4. The van der Waals surface area contributed by atoms with Gasteiger partial charge in [-0.2, -0.15) is 0 Å². The van der Waals surface area contributed by atoms with Crippen molar-refractivity contribution in [3.8, 4) is 0 Å². The topological polar surface area (TPSA) is 61.4 Å². The molecule has 2 N–H and O–H groups in total. The number of carbonyl (C=O) groups is 2. The van der Waals surface area contributed by atoms with E-state index in [9.17, 15) is 14.0 Å². The van der Waals surface area contributed by atoms with Gasteiger partial charge in [-0.1, -0.05) is 25.4 Å². The summed E-state index contributed by atoms with van der Waals surface area (Å²) in [5.74, 6) is -0.557. The van der Waals surface area contributed by atoms with E-state index in [-0.39, 0.29) is 33.7 Å². The van der Waals surface area contributed by atoms with E-state index in [0.29, 0.717) is 12.2 Å². The molecule has 1 saturated heterocycles. The van der Waals surface area contributed by atoms with Crippen LogP contribution >= 0.6 is 11.6 Å². The molecule has 1 aromatic carbocycles. The van der Waals surface area contributed by atoms with E-state index in [2.05, 4.69) is 15.5 Å². The maximum absolute atomic E-state index is 13.2. The third-order valence-electron chi connectivity index (χ3n) is 4.92. The van der Waals surface area contributed by atoms with Crippen molar-refractivity contribution < 1.29 is 14.0 Å². The monoisotopic (exact) mass is 411 g/mol. The Morgan fingerprint density at radius 2 is 1.86 bits per heavy atom. The van der Waals surface area contributed by atoms with Gasteiger partial charge in [-0.15, -0.1) is 0 Å². The van der Waals surface area contributed by atoms with Crippen molar-refractivity contribution in [1.82, 2.24) is 10.2 Å². The van der Waals surface area contributed by atoms with Crippen LogP contribution in [0.5, 0.6) is 0 Å². The molecule has 5 nitrogen and oxygen atoms in total. The maximum atomic E-state index is 13.2. The first-order chi connectivity index (χ1) is 13.1. The molecule has 1 spiro atoms. The molecule has 0 unspecified atom stereocenters. The Labute approximate surface area is 172 Å². The molecule has 156 valence electrons. The highest BCUT2D eigenvalue weighted by Gasteiger charge is 2.54. The van der Waals surface area contributed by atoms with Crippen molar-refractivity contribution in [3.63, 3.8) is 0 Å². The van der Waals surface area contributed by atoms with Crippen molar-refractivity contribution in [2.75, 3.05) is 25.0 Å². The summed E-state index contributed by atoms with van der Waals surface area (Å²) in [6.07, 6.45) is 1.65. The minimum atomic E-state index is -0.502. The van der Waals surface area contributed by atoms with Gasteiger partial charge in [0.2, 0.25) is 11.8 Å². The van der Waals surface area contributed by atoms with Crippen LogP contribution in [0.15, 0.2) is 18.2 Å². The van der Waals surface area contributed by atoms with Gasteiger partial charge in [0.15, 0.2) is 0 Å². The second-order valence-corrected chi connectivity index (χ2v) is 9.07. The Balaban J connectivity index is 0.00000136. The number of benzene rings is 1. The minimum Gasteiger partial charge on any atom is -0.350 e. The summed E-state index contributed by atoms with van der Waals surface area (Å²) < 4.78 is 13.2. The molecule has 2 amide bonds. The first kappa shape index (κ1) is 22.6. The van der Waals surface area contributed by atoms with Crippen molar-refractivity contribution >= 4 is 29.1 Å². The second-order valence-electron chi connectivity index (χ2n) is 8.67. The average molecular weight is 412 g/mol. The van der Waals surface area contributed by atoms with Gasteiger partial charge in [-0.25, -0.2) is 4.39 Å². The summed E-state index contributed by atoms with van der Waals surface area (Å²) in [5.41, 5.74) is 0.462. The number of anilines is 1. The number of rotatable bonds is 4. The molecular weight excluding hydrogens is 381 g/mol. The fourth-order valence-electron chi connectivity index (χ4n) is 3.92. The van der Waals surface area contributed by atoms with E-state index < -0.39 is 5.82 Å². The van der Waals surface area contributed by atoms with E-state index >= 15 is 0 Å². The predicted octanol–water partition coefficient (Wildman–Crippen LogP) is 4.07. The second kappa shape index (κ2) is 8.78. The largest absolute Gasteiger partial charge is 0.350 e. The van der Waals surface area contributed by atoms with Gasteiger partial charge in [-0.05, 0) is 57.2 Å². The fourth-order valence-corrected chi connectivity index (χ4v) is 4.10. The van der Waals surface area contributed by atoms with Crippen LogP contribution in [0.1, 0.15) is 47.5 Å². The number of amides is 2. The lowest BCUT2D eigenvalue weighted by Crippen LogP contribution is -2.65. The molecule has 3 rings (SSSR count).